The van der Waals surface area contributed by atoms with Crippen molar-refractivity contribution >= 4 is 5.95 Å². The lowest BCUT2D eigenvalue weighted by Crippen LogP contribution is -2.38. The number of aryl methyl sites for hydroxylation is 1. The van der Waals surface area contributed by atoms with Crippen LogP contribution in [0.2, 0.25) is 0 Å². The van der Waals surface area contributed by atoms with Crippen LogP contribution in [0.25, 0.3) is 5.69 Å². The number of ether oxygens (including phenoxy) is 2. The molecular formula is C12H14FN5O2. The molecule has 0 saturated carbocycles. The van der Waals surface area contributed by atoms with Crippen molar-refractivity contribution in [3.05, 3.63) is 23.5 Å². The molecule has 0 spiro atoms. The highest BCUT2D eigenvalue weighted by molar-refractivity contribution is 5.52. The van der Waals surface area contributed by atoms with Crippen LogP contribution in [0.4, 0.5) is 10.3 Å². The second-order valence-electron chi connectivity index (χ2n) is 4.51. The molecule has 8 heteroatoms. The summed E-state index contributed by atoms with van der Waals surface area (Å²) < 4.78 is 26.0. The third kappa shape index (κ3) is 2.18. The molecule has 0 radical (unpaired) electrons. The molecule has 0 unspecified atom stereocenters. The third-order valence-electron chi connectivity index (χ3n) is 3.06. The first kappa shape index (κ1) is 12.8. The van der Waals surface area contributed by atoms with E-state index in [-0.39, 0.29) is 11.9 Å². The fourth-order valence-corrected chi connectivity index (χ4v) is 1.87. The van der Waals surface area contributed by atoms with Gasteiger partial charge < -0.3 is 14.8 Å². The highest BCUT2D eigenvalue weighted by Gasteiger charge is 2.23. The smallest absolute Gasteiger partial charge is 0.247 e. The van der Waals surface area contributed by atoms with E-state index in [1.54, 1.807) is 20.0 Å². The predicted octanol–water partition coefficient (Wildman–Crippen LogP) is 0.929. The highest BCUT2D eigenvalue weighted by atomic mass is 19.1. The van der Waals surface area contributed by atoms with Gasteiger partial charge in [0.05, 0.1) is 13.2 Å². The highest BCUT2D eigenvalue weighted by Crippen LogP contribution is 2.29. The van der Waals surface area contributed by atoms with Crippen LogP contribution in [-0.4, -0.2) is 46.6 Å². The van der Waals surface area contributed by atoms with Crippen molar-refractivity contribution in [1.29, 1.82) is 0 Å². The maximum atomic E-state index is 13.8. The van der Waals surface area contributed by atoms with E-state index in [9.17, 15) is 4.39 Å². The molecule has 106 valence electrons. The van der Waals surface area contributed by atoms with Gasteiger partial charge in [-0.3, -0.25) is 0 Å². The minimum absolute atomic E-state index is 0.0645. The molecular weight excluding hydrogens is 265 g/mol. The summed E-state index contributed by atoms with van der Waals surface area (Å²) in [5.41, 5.74) is 1.08. The molecule has 0 atom stereocenters. The Hall–Kier alpha value is -2.22. The Kier molecular flexibility index (Phi) is 3.23. The fraction of sp³-hybridized carbons (Fsp3) is 0.417. The molecule has 3 rings (SSSR count). The predicted molar refractivity (Wildman–Crippen MR) is 68.6 cm³/mol. The van der Waals surface area contributed by atoms with Crippen molar-refractivity contribution in [2.75, 3.05) is 25.6 Å². The molecule has 1 saturated heterocycles. The van der Waals surface area contributed by atoms with Crippen molar-refractivity contribution in [2.24, 2.45) is 0 Å². The summed E-state index contributed by atoms with van der Waals surface area (Å²) in [5, 5.41) is 14.2. The van der Waals surface area contributed by atoms with E-state index in [4.69, 9.17) is 9.47 Å². The number of aromatic nitrogens is 4. The topological polar surface area (TPSA) is 74.1 Å². The lowest BCUT2D eigenvalue weighted by atomic mass is 10.2. The first-order valence-corrected chi connectivity index (χ1v) is 6.20. The van der Waals surface area contributed by atoms with Crippen LogP contribution in [0.15, 0.2) is 12.1 Å². The summed E-state index contributed by atoms with van der Waals surface area (Å²) >= 11 is 0. The van der Waals surface area contributed by atoms with Crippen molar-refractivity contribution in [1.82, 2.24) is 20.2 Å². The summed E-state index contributed by atoms with van der Waals surface area (Å²) in [6.45, 7) is 2.69. The molecule has 1 aromatic heterocycles. The van der Waals surface area contributed by atoms with Crippen LogP contribution < -0.4 is 10.1 Å². The van der Waals surface area contributed by atoms with Crippen LogP contribution in [-0.2, 0) is 4.74 Å². The van der Waals surface area contributed by atoms with Crippen molar-refractivity contribution in [3.8, 4) is 11.4 Å². The molecule has 7 nitrogen and oxygen atoms in total. The Bertz CT molecular complexity index is 626. The van der Waals surface area contributed by atoms with Gasteiger partial charge in [-0.2, -0.15) is 4.68 Å². The summed E-state index contributed by atoms with van der Waals surface area (Å²) in [6.07, 6.45) is -0.0645. The number of anilines is 1. The van der Waals surface area contributed by atoms with Gasteiger partial charge in [-0.15, -0.1) is 0 Å². The van der Waals surface area contributed by atoms with Crippen molar-refractivity contribution < 1.29 is 13.9 Å². The molecule has 0 bridgehead atoms. The minimum Gasteiger partial charge on any atom is -0.483 e. The largest absolute Gasteiger partial charge is 0.483 e. The van der Waals surface area contributed by atoms with E-state index >= 15 is 0 Å². The lowest BCUT2D eigenvalue weighted by Gasteiger charge is -2.27. The van der Waals surface area contributed by atoms with Gasteiger partial charge in [0.2, 0.25) is 5.95 Å². The number of tetrazole rings is 1. The van der Waals surface area contributed by atoms with E-state index in [2.05, 4.69) is 20.8 Å². The molecule has 1 N–H and O–H groups in total. The molecule has 0 amide bonds. The quantitative estimate of drug-likeness (QED) is 0.897. The monoisotopic (exact) mass is 279 g/mol. The lowest BCUT2D eigenvalue weighted by molar-refractivity contribution is -0.0797. The average molecular weight is 279 g/mol. The molecule has 1 aromatic carbocycles. The van der Waals surface area contributed by atoms with Crippen molar-refractivity contribution in [3.63, 3.8) is 0 Å². The van der Waals surface area contributed by atoms with E-state index in [0.29, 0.717) is 36.2 Å². The number of hydrogen-bond donors (Lipinski definition) is 1. The van der Waals surface area contributed by atoms with E-state index in [0.717, 1.165) is 0 Å². The number of benzene rings is 1. The SMILES string of the molecule is CNc1nnnn1-c1cc(C)c(F)cc1OC1COC1. The zero-order valence-corrected chi connectivity index (χ0v) is 11.1. The Morgan fingerprint density at radius 2 is 2.25 bits per heavy atom. The molecule has 2 aromatic rings. The normalized spacial score (nSPS) is 14.9. The van der Waals surface area contributed by atoms with Crippen LogP contribution in [0.5, 0.6) is 5.75 Å². The van der Waals surface area contributed by atoms with Gasteiger partial charge in [-0.1, -0.05) is 5.10 Å². The molecule has 1 fully saturated rings. The summed E-state index contributed by atoms with van der Waals surface area (Å²) in [5.74, 6) is 0.513. The summed E-state index contributed by atoms with van der Waals surface area (Å²) in [4.78, 5) is 0. The number of hydrogen-bond acceptors (Lipinski definition) is 6. The van der Waals surface area contributed by atoms with Gasteiger partial charge in [0.25, 0.3) is 0 Å². The van der Waals surface area contributed by atoms with Gasteiger partial charge in [-0.25, -0.2) is 4.39 Å². The van der Waals surface area contributed by atoms with Crippen molar-refractivity contribution in [2.45, 2.75) is 13.0 Å². The molecule has 1 aliphatic heterocycles. The molecule has 1 aliphatic rings. The average Bonchev–Trinajstić information content (AvgIpc) is 2.85. The van der Waals surface area contributed by atoms with Gasteiger partial charge in [0, 0.05) is 13.1 Å². The number of nitrogens with zero attached hydrogens (tertiary/aromatic N) is 4. The molecule has 2 heterocycles. The maximum absolute atomic E-state index is 13.8. The first-order chi connectivity index (χ1) is 9.69. The third-order valence-corrected chi connectivity index (χ3v) is 3.06. The van der Waals surface area contributed by atoms with Gasteiger partial charge in [0.1, 0.15) is 23.4 Å². The minimum atomic E-state index is -0.330. The van der Waals surface area contributed by atoms with E-state index in [1.165, 1.54) is 10.7 Å². The summed E-state index contributed by atoms with van der Waals surface area (Å²) in [7, 11) is 1.71. The number of nitrogens with one attached hydrogen (secondary N) is 1. The fourth-order valence-electron chi connectivity index (χ4n) is 1.87. The van der Waals surface area contributed by atoms with E-state index in [1.807, 2.05) is 0 Å². The Balaban J connectivity index is 2.05. The van der Waals surface area contributed by atoms with Crippen LogP contribution in [0.1, 0.15) is 5.56 Å². The first-order valence-electron chi connectivity index (χ1n) is 6.20. The molecule has 0 aliphatic carbocycles. The van der Waals surface area contributed by atoms with E-state index < -0.39 is 0 Å². The standard InChI is InChI=1S/C12H14FN5O2/c1-7-3-10(18-12(14-2)15-16-17-18)11(4-9(7)13)20-8-5-19-6-8/h3-4,8H,5-6H2,1-2H3,(H,14,15,17). The van der Waals surface area contributed by atoms with Crippen LogP contribution in [0, 0.1) is 12.7 Å². The van der Waals surface area contributed by atoms with Crippen LogP contribution >= 0.6 is 0 Å². The van der Waals surface area contributed by atoms with Gasteiger partial charge in [-0.05, 0) is 29.0 Å². The maximum Gasteiger partial charge on any atom is 0.247 e. The second kappa shape index (κ2) is 5.04. The zero-order chi connectivity index (χ0) is 14.1. The second-order valence-corrected chi connectivity index (χ2v) is 4.51. The Labute approximate surface area is 114 Å². The number of halogens is 1. The molecule has 20 heavy (non-hydrogen) atoms. The number of rotatable bonds is 4. The summed E-state index contributed by atoms with van der Waals surface area (Å²) in [6, 6.07) is 3.01. The Morgan fingerprint density at radius 3 is 2.90 bits per heavy atom. The zero-order valence-electron chi connectivity index (χ0n) is 11.1. The van der Waals surface area contributed by atoms with Gasteiger partial charge >= 0.3 is 0 Å². The van der Waals surface area contributed by atoms with Crippen LogP contribution in [0.3, 0.4) is 0 Å². The van der Waals surface area contributed by atoms with Gasteiger partial charge in [0.15, 0.2) is 0 Å². The Morgan fingerprint density at radius 1 is 1.45 bits per heavy atom.